The minimum atomic E-state index is -4.80. The summed E-state index contributed by atoms with van der Waals surface area (Å²) in [5.41, 5.74) is 5.01. The molecule has 1 aromatic carbocycles. The van der Waals surface area contributed by atoms with Gasteiger partial charge in [-0.2, -0.15) is 0 Å². The molecule has 0 aromatic heterocycles. The molecule has 0 spiro atoms. The Labute approximate surface area is 83.2 Å². The van der Waals surface area contributed by atoms with Gasteiger partial charge in [0, 0.05) is 17.2 Å². The third kappa shape index (κ3) is 3.33. The van der Waals surface area contributed by atoms with Crippen LogP contribution in [0.5, 0.6) is 5.75 Å². The van der Waals surface area contributed by atoms with Gasteiger partial charge < -0.3 is 20.5 Å². The number of alkyl halides is 3. The number of nitrogens with two attached hydrogens (primary N) is 1. The summed E-state index contributed by atoms with van der Waals surface area (Å²) in [7, 11) is -1.83. The zero-order valence-corrected chi connectivity index (χ0v) is 7.32. The van der Waals surface area contributed by atoms with Crippen LogP contribution in [0.3, 0.4) is 0 Å². The predicted molar refractivity (Wildman–Crippen MR) is 47.4 cm³/mol. The SMILES string of the molecule is Nc1cc(OC(F)(F)F)ccc1B(O)O. The van der Waals surface area contributed by atoms with Gasteiger partial charge in [0.05, 0.1) is 0 Å². The minimum absolute atomic E-state index is 0.0791. The van der Waals surface area contributed by atoms with Crippen molar-refractivity contribution in [1.82, 2.24) is 0 Å². The lowest BCUT2D eigenvalue weighted by Gasteiger charge is -2.10. The van der Waals surface area contributed by atoms with Crippen molar-refractivity contribution in [3.8, 4) is 5.75 Å². The molecule has 0 aliphatic carbocycles. The molecule has 4 nitrogen and oxygen atoms in total. The molecule has 0 radical (unpaired) electrons. The molecule has 0 amide bonds. The van der Waals surface area contributed by atoms with Crippen LogP contribution < -0.4 is 15.9 Å². The summed E-state index contributed by atoms with van der Waals surface area (Å²) in [6.45, 7) is 0. The fourth-order valence-corrected chi connectivity index (χ4v) is 0.985. The Balaban J connectivity index is 2.92. The van der Waals surface area contributed by atoms with Gasteiger partial charge in [-0.1, -0.05) is 6.07 Å². The number of benzene rings is 1. The maximum Gasteiger partial charge on any atom is 0.573 e. The zero-order valence-electron chi connectivity index (χ0n) is 7.32. The van der Waals surface area contributed by atoms with E-state index in [0.29, 0.717) is 0 Å². The topological polar surface area (TPSA) is 75.7 Å². The van der Waals surface area contributed by atoms with Gasteiger partial charge in [0.15, 0.2) is 0 Å². The van der Waals surface area contributed by atoms with Crippen LogP contribution in [0, 0.1) is 0 Å². The van der Waals surface area contributed by atoms with Crippen LogP contribution in [0.25, 0.3) is 0 Å². The Bertz CT molecular complexity index is 356. The van der Waals surface area contributed by atoms with Crippen molar-refractivity contribution < 1.29 is 28.0 Å². The molecule has 1 rings (SSSR count). The van der Waals surface area contributed by atoms with Gasteiger partial charge in [-0.05, 0) is 6.07 Å². The second-order valence-corrected chi connectivity index (χ2v) is 2.71. The van der Waals surface area contributed by atoms with Gasteiger partial charge in [0.2, 0.25) is 0 Å². The molecule has 0 aliphatic heterocycles. The van der Waals surface area contributed by atoms with E-state index in [9.17, 15) is 13.2 Å². The van der Waals surface area contributed by atoms with Crippen LogP contribution >= 0.6 is 0 Å². The number of rotatable bonds is 2. The van der Waals surface area contributed by atoms with E-state index in [1.54, 1.807) is 0 Å². The van der Waals surface area contributed by atoms with Gasteiger partial charge in [-0.25, -0.2) is 0 Å². The highest BCUT2D eigenvalue weighted by atomic mass is 19.4. The Morgan fingerprint density at radius 3 is 2.27 bits per heavy atom. The van der Waals surface area contributed by atoms with Crippen LogP contribution in [0.1, 0.15) is 0 Å². The third-order valence-corrected chi connectivity index (χ3v) is 1.57. The molecule has 0 saturated heterocycles. The fraction of sp³-hybridized carbons (Fsp3) is 0.143. The van der Waals surface area contributed by atoms with Crippen molar-refractivity contribution >= 4 is 18.3 Å². The third-order valence-electron chi connectivity index (χ3n) is 1.57. The van der Waals surface area contributed by atoms with Crippen LogP contribution in [0.4, 0.5) is 18.9 Å². The second-order valence-electron chi connectivity index (χ2n) is 2.71. The average molecular weight is 221 g/mol. The molecular formula is C7H7BF3NO3. The van der Waals surface area contributed by atoms with Crippen LogP contribution in [0.2, 0.25) is 0 Å². The highest BCUT2D eigenvalue weighted by molar-refractivity contribution is 6.60. The van der Waals surface area contributed by atoms with E-state index in [1.165, 1.54) is 0 Å². The van der Waals surface area contributed by atoms with Crippen molar-refractivity contribution in [2.75, 3.05) is 5.73 Å². The summed E-state index contributed by atoms with van der Waals surface area (Å²) in [5, 5.41) is 17.5. The normalized spacial score (nSPS) is 11.3. The van der Waals surface area contributed by atoms with E-state index in [0.717, 1.165) is 18.2 Å². The standard InChI is InChI=1S/C7H7BF3NO3/c9-7(10,11)15-4-1-2-5(8(13)14)6(12)3-4/h1-3,13-14H,12H2. The van der Waals surface area contributed by atoms with Gasteiger partial charge in [-0.3, -0.25) is 0 Å². The molecule has 4 N–H and O–H groups in total. The van der Waals surface area contributed by atoms with Gasteiger partial charge >= 0.3 is 13.5 Å². The first-order chi connectivity index (χ1) is 6.79. The number of hydrogen-bond acceptors (Lipinski definition) is 4. The van der Waals surface area contributed by atoms with Crippen molar-refractivity contribution in [3.05, 3.63) is 18.2 Å². The molecule has 0 unspecified atom stereocenters. The average Bonchev–Trinajstić information content (AvgIpc) is 1.99. The van der Waals surface area contributed by atoms with Gasteiger partial charge in [-0.15, -0.1) is 13.2 Å². The number of halogens is 3. The van der Waals surface area contributed by atoms with E-state index < -0.39 is 19.2 Å². The van der Waals surface area contributed by atoms with E-state index in [2.05, 4.69) is 4.74 Å². The Morgan fingerprint density at radius 2 is 1.87 bits per heavy atom. The molecule has 0 saturated carbocycles. The first-order valence-electron chi connectivity index (χ1n) is 3.81. The molecule has 0 fully saturated rings. The Kier molecular flexibility index (Phi) is 3.11. The van der Waals surface area contributed by atoms with Crippen LogP contribution in [0.15, 0.2) is 18.2 Å². The first-order valence-corrected chi connectivity index (χ1v) is 3.81. The van der Waals surface area contributed by atoms with E-state index in [-0.39, 0.29) is 11.2 Å². The van der Waals surface area contributed by atoms with Crippen molar-refractivity contribution in [2.45, 2.75) is 6.36 Å². The van der Waals surface area contributed by atoms with E-state index in [4.69, 9.17) is 15.8 Å². The summed E-state index contributed by atoms with van der Waals surface area (Å²) >= 11 is 0. The first kappa shape index (κ1) is 11.7. The summed E-state index contributed by atoms with van der Waals surface area (Å²) in [4.78, 5) is 0. The largest absolute Gasteiger partial charge is 0.573 e. The Hall–Kier alpha value is -1.41. The fourth-order valence-electron chi connectivity index (χ4n) is 0.985. The van der Waals surface area contributed by atoms with E-state index >= 15 is 0 Å². The summed E-state index contributed by atoms with van der Waals surface area (Å²) in [6, 6.07) is 2.85. The van der Waals surface area contributed by atoms with Gasteiger partial charge in [0.25, 0.3) is 0 Å². The lowest BCUT2D eigenvalue weighted by molar-refractivity contribution is -0.274. The molecule has 0 atom stereocenters. The predicted octanol–water partition coefficient (Wildman–Crippen LogP) is -0.153. The van der Waals surface area contributed by atoms with Crippen molar-refractivity contribution in [1.29, 1.82) is 0 Å². The number of anilines is 1. The smallest absolute Gasteiger partial charge is 0.423 e. The molecule has 8 heteroatoms. The maximum atomic E-state index is 11.8. The molecular weight excluding hydrogens is 214 g/mol. The van der Waals surface area contributed by atoms with Crippen LogP contribution in [-0.4, -0.2) is 23.5 Å². The molecule has 82 valence electrons. The molecule has 0 bridgehead atoms. The molecule has 15 heavy (non-hydrogen) atoms. The highest BCUT2D eigenvalue weighted by Crippen LogP contribution is 2.23. The second kappa shape index (κ2) is 3.99. The maximum absolute atomic E-state index is 11.8. The minimum Gasteiger partial charge on any atom is -0.423 e. The highest BCUT2D eigenvalue weighted by Gasteiger charge is 2.31. The summed E-state index contributed by atoms with van der Waals surface area (Å²) < 4.78 is 38.9. The number of ether oxygens (including phenoxy) is 1. The monoisotopic (exact) mass is 221 g/mol. The van der Waals surface area contributed by atoms with Crippen LogP contribution in [-0.2, 0) is 0 Å². The lowest BCUT2D eigenvalue weighted by Crippen LogP contribution is -2.32. The summed E-state index contributed by atoms with van der Waals surface area (Å²) in [5.74, 6) is -0.510. The quantitative estimate of drug-likeness (QED) is 0.479. The van der Waals surface area contributed by atoms with E-state index in [1.807, 2.05) is 0 Å². The van der Waals surface area contributed by atoms with Crippen molar-refractivity contribution in [2.24, 2.45) is 0 Å². The number of nitrogen functional groups attached to an aromatic ring is 1. The molecule has 1 aromatic rings. The van der Waals surface area contributed by atoms with Crippen molar-refractivity contribution in [3.63, 3.8) is 0 Å². The van der Waals surface area contributed by atoms with Gasteiger partial charge in [0.1, 0.15) is 5.75 Å². The number of hydrogen-bond donors (Lipinski definition) is 3. The lowest BCUT2D eigenvalue weighted by atomic mass is 9.79. The summed E-state index contributed by atoms with van der Waals surface area (Å²) in [6.07, 6.45) is -4.80. The molecule has 0 heterocycles. The Morgan fingerprint density at radius 1 is 1.27 bits per heavy atom. The zero-order chi connectivity index (χ0) is 11.6. The molecule has 0 aliphatic rings.